The number of benzene rings is 2. The third kappa shape index (κ3) is 1.28. The summed E-state index contributed by atoms with van der Waals surface area (Å²) in [5, 5.41) is 2.34. The number of ketones is 1. The minimum atomic E-state index is 0.0114. The molecule has 1 aliphatic carbocycles. The number of Topliss-reactive ketones (excluding diaryl/α,β-unsaturated/α-hetero) is 1. The molecule has 0 saturated carbocycles. The SMILES string of the molecule is O=C(CCl)c1ccc2c3c(cccc13)CC2. The Bertz CT molecular complexity index is 576. The Morgan fingerprint density at radius 1 is 1.12 bits per heavy atom. The second kappa shape index (κ2) is 3.60. The molecule has 1 aliphatic rings. The third-order valence-electron chi connectivity index (χ3n) is 3.30. The number of alkyl halides is 1. The number of hydrogen-bond donors (Lipinski definition) is 0. The Balaban J connectivity index is 2.38. The number of carbonyl (C=O) groups excluding carboxylic acids is 1. The fraction of sp³-hybridized carbons (Fsp3) is 0.214. The molecule has 1 nitrogen and oxygen atoms in total. The quantitative estimate of drug-likeness (QED) is 0.571. The first-order valence-corrected chi connectivity index (χ1v) is 5.97. The molecular formula is C14H11ClO. The predicted molar refractivity (Wildman–Crippen MR) is 66.4 cm³/mol. The first-order chi connectivity index (χ1) is 7.81. The maximum atomic E-state index is 11.7. The number of aryl methyl sites for hydroxylation is 2. The lowest BCUT2D eigenvalue weighted by Crippen LogP contribution is -2.01. The van der Waals surface area contributed by atoms with Gasteiger partial charge in [-0.2, -0.15) is 0 Å². The summed E-state index contributed by atoms with van der Waals surface area (Å²) in [4.78, 5) is 11.7. The van der Waals surface area contributed by atoms with Crippen LogP contribution in [0.1, 0.15) is 21.5 Å². The Hall–Kier alpha value is -1.34. The zero-order chi connectivity index (χ0) is 11.1. The molecule has 2 heteroatoms. The average Bonchev–Trinajstić information content (AvgIpc) is 2.74. The van der Waals surface area contributed by atoms with Crippen LogP contribution in [-0.4, -0.2) is 11.7 Å². The summed E-state index contributed by atoms with van der Waals surface area (Å²) >= 11 is 5.63. The summed E-state index contributed by atoms with van der Waals surface area (Å²) in [6, 6.07) is 10.2. The summed E-state index contributed by atoms with van der Waals surface area (Å²) in [5.74, 6) is 0.0656. The predicted octanol–water partition coefficient (Wildman–Crippen LogP) is 3.36. The van der Waals surface area contributed by atoms with E-state index in [9.17, 15) is 4.79 Å². The van der Waals surface area contributed by atoms with E-state index in [1.54, 1.807) is 0 Å². The molecule has 16 heavy (non-hydrogen) atoms. The summed E-state index contributed by atoms with van der Waals surface area (Å²) in [7, 11) is 0. The van der Waals surface area contributed by atoms with Crippen molar-refractivity contribution >= 4 is 28.2 Å². The van der Waals surface area contributed by atoms with Gasteiger partial charge in [0.05, 0.1) is 5.88 Å². The van der Waals surface area contributed by atoms with E-state index in [1.165, 1.54) is 16.5 Å². The van der Waals surface area contributed by atoms with Crippen LogP contribution in [0, 0.1) is 0 Å². The van der Waals surface area contributed by atoms with Crippen molar-refractivity contribution in [1.29, 1.82) is 0 Å². The molecule has 0 atom stereocenters. The summed E-state index contributed by atoms with van der Waals surface area (Å²) in [6.07, 6.45) is 2.18. The standard InChI is InChI=1S/C14H11ClO/c15-8-13(16)11-7-6-10-5-4-9-2-1-3-12(11)14(9)10/h1-3,6-7H,4-5,8H2. The van der Waals surface area contributed by atoms with E-state index >= 15 is 0 Å². The zero-order valence-corrected chi connectivity index (χ0v) is 9.55. The van der Waals surface area contributed by atoms with Gasteiger partial charge in [-0.3, -0.25) is 4.79 Å². The fourth-order valence-electron chi connectivity index (χ4n) is 2.56. The maximum Gasteiger partial charge on any atom is 0.178 e. The molecule has 0 radical (unpaired) electrons. The molecule has 0 spiro atoms. The van der Waals surface area contributed by atoms with Gasteiger partial charge >= 0.3 is 0 Å². The van der Waals surface area contributed by atoms with Gasteiger partial charge in [-0.25, -0.2) is 0 Å². The number of rotatable bonds is 2. The largest absolute Gasteiger partial charge is 0.293 e. The lowest BCUT2D eigenvalue weighted by Gasteiger charge is -2.06. The molecular weight excluding hydrogens is 220 g/mol. The van der Waals surface area contributed by atoms with Crippen LogP contribution in [0.2, 0.25) is 0 Å². The summed E-state index contributed by atoms with van der Waals surface area (Å²) in [6.45, 7) is 0. The molecule has 0 fully saturated rings. The van der Waals surface area contributed by atoms with E-state index in [1.807, 2.05) is 18.2 Å². The van der Waals surface area contributed by atoms with Crippen LogP contribution in [0.15, 0.2) is 30.3 Å². The molecule has 2 aromatic carbocycles. The van der Waals surface area contributed by atoms with E-state index in [0.29, 0.717) is 0 Å². The van der Waals surface area contributed by atoms with Gasteiger partial charge in [0.2, 0.25) is 0 Å². The molecule has 0 N–H and O–H groups in total. The van der Waals surface area contributed by atoms with Gasteiger partial charge < -0.3 is 0 Å². The van der Waals surface area contributed by atoms with Crippen molar-refractivity contribution in [2.75, 3.05) is 5.88 Å². The highest BCUT2D eigenvalue weighted by Gasteiger charge is 2.17. The Morgan fingerprint density at radius 3 is 2.62 bits per heavy atom. The molecule has 0 saturated heterocycles. The van der Waals surface area contributed by atoms with E-state index in [-0.39, 0.29) is 11.7 Å². The maximum absolute atomic E-state index is 11.7. The van der Waals surface area contributed by atoms with Gasteiger partial charge in [-0.1, -0.05) is 30.3 Å². The lowest BCUT2D eigenvalue weighted by atomic mass is 9.98. The van der Waals surface area contributed by atoms with Crippen LogP contribution in [0.5, 0.6) is 0 Å². The van der Waals surface area contributed by atoms with Crippen LogP contribution in [0.25, 0.3) is 10.8 Å². The Kier molecular flexibility index (Phi) is 2.22. The smallest absolute Gasteiger partial charge is 0.178 e. The second-order valence-electron chi connectivity index (χ2n) is 4.17. The third-order valence-corrected chi connectivity index (χ3v) is 3.54. The molecule has 0 unspecified atom stereocenters. The van der Waals surface area contributed by atoms with Gasteiger partial charge in [-0.15, -0.1) is 11.6 Å². The average molecular weight is 231 g/mol. The van der Waals surface area contributed by atoms with Gasteiger partial charge in [0.25, 0.3) is 0 Å². The molecule has 3 rings (SSSR count). The van der Waals surface area contributed by atoms with Gasteiger partial charge in [-0.05, 0) is 34.7 Å². The lowest BCUT2D eigenvalue weighted by molar-refractivity contribution is 0.102. The van der Waals surface area contributed by atoms with Crippen molar-refractivity contribution in [3.8, 4) is 0 Å². The van der Waals surface area contributed by atoms with Crippen molar-refractivity contribution in [3.63, 3.8) is 0 Å². The minimum Gasteiger partial charge on any atom is -0.293 e. The normalized spacial score (nSPS) is 13.3. The van der Waals surface area contributed by atoms with Crippen LogP contribution in [-0.2, 0) is 12.8 Å². The molecule has 0 heterocycles. The monoisotopic (exact) mass is 230 g/mol. The highest BCUT2D eigenvalue weighted by Crippen LogP contribution is 2.32. The van der Waals surface area contributed by atoms with Gasteiger partial charge in [0.1, 0.15) is 0 Å². The number of carbonyl (C=O) groups is 1. The van der Waals surface area contributed by atoms with Crippen molar-refractivity contribution in [2.45, 2.75) is 12.8 Å². The summed E-state index contributed by atoms with van der Waals surface area (Å²) < 4.78 is 0. The van der Waals surface area contributed by atoms with Crippen molar-refractivity contribution in [3.05, 3.63) is 47.0 Å². The van der Waals surface area contributed by atoms with E-state index < -0.39 is 0 Å². The molecule has 0 aliphatic heterocycles. The molecule has 80 valence electrons. The Morgan fingerprint density at radius 2 is 1.88 bits per heavy atom. The van der Waals surface area contributed by atoms with Crippen LogP contribution in [0.3, 0.4) is 0 Å². The minimum absolute atomic E-state index is 0.0114. The van der Waals surface area contributed by atoms with Crippen LogP contribution >= 0.6 is 11.6 Å². The molecule has 0 amide bonds. The fourth-order valence-corrected chi connectivity index (χ4v) is 2.71. The van der Waals surface area contributed by atoms with E-state index in [2.05, 4.69) is 12.1 Å². The highest BCUT2D eigenvalue weighted by molar-refractivity contribution is 6.32. The van der Waals surface area contributed by atoms with Crippen molar-refractivity contribution < 1.29 is 4.79 Å². The molecule has 0 bridgehead atoms. The van der Waals surface area contributed by atoms with Gasteiger partial charge in [0.15, 0.2) is 5.78 Å². The topological polar surface area (TPSA) is 17.1 Å². The zero-order valence-electron chi connectivity index (χ0n) is 8.79. The van der Waals surface area contributed by atoms with Crippen molar-refractivity contribution in [1.82, 2.24) is 0 Å². The molecule has 0 aromatic heterocycles. The van der Waals surface area contributed by atoms with Crippen LogP contribution in [0.4, 0.5) is 0 Å². The Labute approximate surface area is 99.0 Å². The second-order valence-corrected chi connectivity index (χ2v) is 4.44. The summed E-state index contributed by atoms with van der Waals surface area (Å²) in [5.41, 5.74) is 3.48. The first-order valence-electron chi connectivity index (χ1n) is 5.44. The number of halogens is 1. The van der Waals surface area contributed by atoms with Crippen LogP contribution < -0.4 is 0 Å². The number of hydrogen-bond acceptors (Lipinski definition) is 1. The van der Waals surface area contributed by atoms with E-state index in [4.69, 9.17) is 11.6 Å². The molecule has 2 aromatic rings. The van der Waals surface area contributed by atoms with Gasteiger partial charge in [0, 0.05) is 5.56 Å². The van der Waals surface area contributed by atoms with E-state index in [0.717, 1.165) is 23.8 Å². The van der Waals surface area contributed by atoms with Crippen molar-refractivity contribution in [2.24, 2.45) is 0 Å². The first kappa shape index (κ1) is 9.86. The highest BCUT2D eigenvalue weighted by atomic mass is 35.5.